The van der Waals surface area contributed by atoms with E-state index >= 15 is 0 Å². The van der Waals surface area contributed by atoms with Crippen LogP contribution in [-0.4, -0.2) is 259 Å². The molecule has 5 rings (SSSR count). The van der Waals surface area contributed by atoms with Gasteiger partial charge in [-0.2, -0.15) is 4.58 Å². The number of carbonyl (C=O) groups excluding carboxylic acids is 3. The lowest BCUT2D eigenvalue weighted by atomic mass is 9.76. The zero-order chi connectivity index (χ0) is 64.0. The monoisotopic (exact) mass is 1270 g/mol. The molecule has 2 unspecified atom stereocenters. The minimum atomic E-state index is -0.709. The Morgan fingerprint density at radius 1 is 0.456 bits per heavy atom. The summed E-state index contributed by atoms with van der Waals surface area (Å²) < 4.78 is 92.8. The third-order valence-electron chi connectivity index (χ3n) is 14.9. The normalized spacial score (nSPS) is 17.9. The molecule has 2 atom stereocenters. The highest BCUT2D eigenvalue weighted by Crippen LogP contribution is 2.50. The number of allylic oxidation sites excluding steroid dienone is 8. The van der Waals surface area contributed by atoms with Gasteiger partial charge < -0.3 is 85.5 Å². The zero-order valence-electron chi connectivity index (χ0n) is 54.1. The van der Waals surface area contributed by atoms with Gasteiger partial charge in [0.25, 0.3) is 11.8 Å². The van der Waals surface area contributed by atoms with Gasteiger partial charge in [0.2, 0.25) is 5.69 Å². The molecule has 2 aromatic rings. The smallest absolute Gasteiger partial charge is 0.335 e. The van der Waals surface area contributed by atoms with Crippen LogP contribution in [0.2, 0.25) is 0 Å². The SMILES string of the molecule is COCCOCCOCCOCC[N+]1=C(/C=C/C=C/C=C/C=C2/N(CCOCCOCCOCCOCCC(=O)ON3C(=O)CCC3=O)c3ccccc3C2(C)CCOCCOCCOCCOC)C(C)(CCOCCOCCOCCOC)c2ccccc21. The average Bonchev–Trinajstić information content (AvgIpc) is 1.62. The molecule has 3 aliphatic heterocycles. The second-order valence-electron chi connectivity index (χ2n) is 21.3. The van der Waals surface area contributed by atoms with Crippen LogP contribution in [-0.2, 0) is 106 Å². The molecule has 0 aromatic heterocycles. The molecule has 504 valence electrons. The Bertz CT molecular complexity index is 2460. The number of para-hydroxylation sites is 2. The number of ether oxygens (including phenoxy) is 16. The predicted molar refractivity (Wildman–Crippen MR) is 338 cm³/mol. The van der Waals surface area contributed by atoms with Crippen molar-refractivity contribution in [2.24, 2.45) is 0 Å². The highest BCUT2D eigenvalue weighted by Gasteiger charge is 2.47. The molecule has 23 nitrogen and oxygen atoms in total. The predicted octanol–water partition coefficient (Wildman–Crippen LogP) is 6.31. The summed E-state index contributed by atoms with van der Waals surface area (Å²) in [7, 11) is 4.96. The number of amides is 2. The molecular weight excluding hydrogens is 1170 g/mol. The Balaban J connectivity index is 1.19. The zero-order valence-corrected chi connectivity index (χ0v) is 54.1. The molecule has 0 N–H and O–H groups in total. The number of hydrogen-bond acceptors (Lipinski definition) is 21. The molecule has 0 bridgehead atoms. The maximum atomic E-state index is 12.0. The molecule has 1 fully saturated rings. The molecule has 23 heteroatoms. The molecule has 0 radical (unpaired) electrons. The third kappa shape index (κ3) is 27.6. The first-order valence-electron chi connectivity index (χ1n) is 31.6. The molecule has 3 heterocycles. The minimum absolute atomic E-state index is 0.0424. The third-order valence-corrected chi connectivity index (χ3v) is 14.9. The summed E-state index contributed by atoms with van der Waals surface area (Å²) in [4.78, 5) is 42.5. The van der Waals surface area contributed by atoms with Gasteiger partial charge in [-0.25, -0.2) is 4.79 Å². The second kappa shape index (κ2) is 46.8. The van der Waals surface area contributed by atoms with Crippen molar-refractivity contribution in [3.8, 4) is 0 Å². The van der Waals surface area contributed by atoms with E-state index in [4.69, 9.17) is 80.6 Å². The Kier molecular flexibility index (Phi) is 39.3. The topological polar surface area (TPSA) is 218 Å². The Hall–Kier alpha value is -5.16. The van der Waals surface area contributed by atoms with Gasteiger partial charge in [-0.1, -0.05) is 66.8 Å². The first-order valence-corrected chi connectivity index (χ1v) is 31.6. The van der Waals surface area contributed by atoms with Crippen LogP contribution in [0.3, 0.4) is 0 Å². The summed E-state index contributed by atoms with van der Waals surface area (Å²) in [5.74, 6) is -1.75. The lowest BCUT2D eigenvalue weighted by molar-refractivity contribution is -0.442. The molecule has 2 amide bonds. The van der Waals surface area contributed by atoms with Crippen molar-refractivity contribution in [2.75, 3.05) is 231 Å². The van der Waals surface area contributed by atoms with E-state index in [2.05, 4.69) is 114 Å². The summed E-state index contributed by atoms with van der Waals surface area (Å²) in [5, 5.41) is 0.529. The van der Waals surface area contributed by atoms with Crippen molar-refractivity contribution in [3.05, 3.63) is 108 Å². The largest absolute Gasteiger partial charge is 0.382 e. The average molecular weight is 1270 g/mol. The number of benzene rings is 2. The van der Waals surface area contributed by atoms with Crippen LogP contribution >= 0.6 is 0 Å². The van der Waals surface area contributed by atoms with E-state index in [0.717, 1.165) is 35.6 Å². The summed E-state index contributed by atoms with van der Waals surface area (Å²) in [6.45, 7) is 19.2. The first-order chi connectivity index (χ1) is 44.2. The number of hydrogen-bond donors (Lipinski definition) is 0. The summed E-state index contributed by atoms with van der Waals surface area (Å²) in [6.07, 6.45) is 16.3. The fraction of sp³-hybridized carbons (Fsp3) is 0.642. The van der Waals surface area contributed by atoms with Gasteiger partial charge in [-0.15, -0.1) is 5.06 Å². The molecule has 2 aromatic carbocycles. The van der Waals surface area contributed by atoms with Gasteiger partial charge in [0.15, 0.2) is 12.3 Å². The van der Waals surface area contributed by atoms with Crippen molar-refractivity contribution in [1.29, 1.82) is 0 Å². The van der Waals surface area contributed by atoms with Gasteiger partial charge in [0, 0.05) is 88.4 Å². The first kappa shape index (κ1) is 75.6. The van der Waals surface area contributed by atoms with Gasteiger partial charge in [-0.3, -0.25) is 9.59 Å². The standard InChI is InChI=1S/C67H102N3O20/c1-66(24-29-78-40-45-86-52-49-82-36-33-74-3)57-15-11-13-17-59(57)68(26-31-80-42-47-88-54-51-84-38-35-76-5)61(66)19-9-7-6-8-10-20-62-67(2,25-30-79-41-46-87-53-50-83-37-34-75-4)58-16-12-14-18-60(58)69(62)27-32-81-43-48-89-56-55-85-44-39-77-28-23-65(73)90-70-63(71)21-22-64(70)72/h6-20H,21-56H2,1-5H3/q+1. The molecule has 0 spiro atoms. The lowest BCUT2D eigenvalue weighted by Gasteiger charge is -2.30. The molecule has 3 aliphatic rings. The Morgan fingerprint density at radius 3 is 1.37 bits per heavy atom. The van der Waals surface area contributed by atoms with Crippen molar-refractivity contribution in [1.82, 2.24) is 5.06 Å². The molecule has 90 heavy (non-hydrogen) atoms. The number of fused-ring (bicyclic) bond motifs is 2. The van der Waals surface area contributed by atoms with Crippen molar-refractivity contribution < 1.29 is 99.6 Å². The highest BCUT2D eigenvalue weighted by molar-refractivity contribution is 6.03. The maximum absolute atomic E-state index is 12.0. The maximum Gasteiger partial charge on any atom is 0.335 e. The summed E-state index contributed by atoms with van der Waals surface area (Å²) >= 11 is 0. The van der Waals surface area contributed by atoms with Crippen LogP contribution in [0.1, 0.15) is 57.1 Å². The minimum Gasteiger partial charge on any atom is -0.382 e. The highest BCUT2D eigenvalue weighted by atomic mass is 16.7. The van der Waals surface area contributed by atoms with Crippen molar-refractivity contribution >= 4 is 34.9 Å². The number of methoxy groups -OCH3 is 3. The number of anilines is 1. The second-order valence-corrected chi connectivity index (χ2v) is 21.3. The summed E-state index contributed by atoms with van der Waals surface area (Å²) in [5.41, 5.74) is 6.33. The van der Waals surface area contributed by atoms with Gasteiger partial charge in [0.1, 0.15) is 6.61 Å². The molecular formula is C67H102N3O20+. The Labute approximate surface area is 533 Å². The number of nitrogens with zero attached hydrogens (tertiary/aromatic N) is 3. The molecule has 1 saturated heterocycles. The van der Waals surface area contributed by atoms with Crippen LogP contribution in [0, 0.1) is 0 Å². The quantitative estimate of drug-likeness (QED) is 0.0307. The summed E-state index contributed by atoms with van der Waals surface area (Å²) in [6, 6.07) is 17.1. The molecule has 0 saturated carbocycles. The van der Waals surface area contributed by atoms with Crippen LogP contribution in [0.4, 0.5) is 11.4 Å². The van der Waals surface area contributed by atoms with Crippen LogP contribution in [0.5, 0.6) is 0 Å². The number of hydroxylamine groups is 2. The number of carbonyl (C=O) groups is 3. The van der Waals surface area contributed by atoms with Crippen molar-refractivity contribution in [3.63, 3.8) is 0 Å². The van der Waals surface area contributed by atoms with Gasteiger partial charge >= 0.3 is 5.97 Å². The van der Waals surface area contributed by atoms with E-state index in [1.54, 1.807) is 21.3 Å². The lowest BCUT2D eigenvalue weighted by Crippen LogP contribution is -2.33. The van der Waals surface area contributed by atoms with E-state index in [0.29, 0.717) is 197 Å². The number of rotatable bonds is 56. The van der Waals surface area contributed by atoms with E-state index < -0.39 is 17.8 Å². The van der Waals surface area contributed by atoms with E-state index in [9.17, 15) is 14.4 Å². The van der Waals surface area contributed by atoms with E-state index in [-0.39, 0.29) is 43.3 Å². The van der Waals surface area contributed by atoms with Crippen LogP contribution < -0.4 is 4.90 Å². The van der Waals surface area contributed by atoms with Gasteiger partial charge in [-0.05, 0) is 44.4 Å². The Morgan fingerprint density at radius 2 is 0.856 bits per heavy atom. The fourth-order valence-corrected chi connectivity index (χ4v) is 10.2. The fourth-order valence-electron chi connectivity index (χ4n) is 10.2. The van der Waals surface area contributed by atoms with Crippen molar-refractivity contribution in [2.45, 2.75) is 56.8 Å². The van der Waals surface area contributed by atoms with E-state index in [1.165, 1.54) is 11.1 Å². The number of imide groups is 1. The van der Waals surface area contributed by atoms with E-state index in [1.807, 2.05) is 0 Å². The van der Waals surface area contributed by atoms with Crippen LogP contribution in [0.15, 0.2) is 96.8 Å². The van der Waals surface area contributed by atoms with Crippen LogP contribution in [0.25, 0.3) is 0 Å². The molecule has 0 aliphatic carbocycles. The van der Waals surface area contributed by atoms with Gasteiger partial charge in [0.05, 0.1) is 184 Å².